The average molecular weight is 349 g/mol. The minimum Gasteiger partial charge on any atom is -0.338 e. The van der Waals surface area contributed by atoms with E-state index in [0.29, 0.717) is 17.5 Å². The van der Waals surface area contributed by atoms with Crippen molar-refractivity contribution in [3.63, 3.8) is 0 Å². The number of aromatic nitrogens is 2. The summed E-state index contributed by atoms with van der Waals surface area (Å²) in [5.74, 6) is 1.42. The maximum Gasteiger partial charge on any atom is 0.315 e. The Morgan fingerprint density at radius 3 is 2.58 bits per heavy atom. The molecule has 0 aliphatic heterocycles. The van der Waals surface area contributed by atoms with Crippen LogP contribution in [-0.2, 0) is 7.05 Å². The summed E-state index contributed by atoms with van der Waals surface area (Å²) in [7, 11) is 1.91. The van der Waals surface area contributed by atoms with E-state index in [1.165, 1.54) is 0 Å². The van der Waals surface area contributed by atoms with Gasteiger partial charge in [-0.2, -0.15) is 0 Å². The average Bonchev–Trinajstić information content (AvgIpc) is 2.96. The number of hydrogen-bond donors (Lipinski definition) is 2. The van der Waals surface area contributed by atoms with Crippen LogP contribution in [-0.4, -0.2) is 22.1 Å². The summed E-state index contributed by atoms with van der Waals surface area (Å²) < 4.78 is 1.90. The molecule has 0 unspecified atom stereocenters. The number of aryl methyl sites for hydroxylation is 1. The van der Waals surface area contributed by atoms with Crippen LogP contribution < -0.4 is 10.6 Å². The summed E-state index contributed by atoms with van der Waals surface area (Å²) >= 11 is 5.97. The number of carbonyl (C=O) groups is 1. The first-order valence-electron chi connectivity index (χ1n) is 8.24. The highest BCUT2D eigenvalue weighted by molar-refractivity contribution is 6.30. The molecule has 2 amide bonds. The molecule has 1 aromatic carbocycles. The molecule has 0 saturated carbocycles. The van der Waals surface area contributed by atoms with E-state index in [4.69, 9.17) is 11.6 Å². The van der Waals surface area contributed by atoms with E-state index >= 15 is 0 Å². The van der Waals surface area contributed by atoms with Gasteiger partial charge < -0.3 is 15.2 Å². The molecule has 0 radical (unpaired) electrons. The third-order valence-corrected chi connectivity index (χ3v) is 4.09. The van der Waals surface area contributed by atoms with Crippen LogP contribution in [0.5, 0.6) is 0 Å². The van der Waals surface area contributed by atoms with Gasteiger partial charge in [0.15, 0.2) is 0 Å². The summed E-state index contributed by atoms with van der Waals surface area (Å²) in [5.41, 5.74) is 0.936. The molecular formula is C18H25ClN4O. The monoisotopic (exact) mass is 348 g/mol. The van der Waals surface area contributed by atoms with Crippen LogP contribution in [0.25, 0.3) is 0 Å². The van der Waals surface area contributed by atoms with Crippen molar-refractivity contribution in [2.24, 2.45) is 13.0 Å². The van der Waals surface area contributed by atoms with Crippen LogP contribution in [0.1, 0.15) is 44.1 Å². The Bertz CT molecular complexity index is 651. The molecule has 130 valence electrons. The highest BCUT2D eigenvalue weighted by Gasteiger charge is 2.20. The molecule has 2 N–H and O–H groups in total. The van der Waals surface area contributed by atoms with E-state index in [1.54, 1.807) is 6.20 Å². The lowest BCUT2D eigenvalue weighted by molar-refractivity contribution is 0.237. The molecule has 2 aromatic rings. The number of rotatable bonds is 7. The molecule has 5 nitrogen and oxygen atoms in total. The molecular weight excluding hydrogens is 324 g/mol. The molecule has 1 heterocycles. The highest BCUT2D eigenvalue weighted by atomic mass is 35.5. The van der Waals surface area contributed by atoms with E-state index in [9.17, 15) is 4.79 Å². The van der Waals surface area contributed by atoms with Crippen molar-refractivity contribution >= 4 is 17.6 Å². The number of amides is 2. The topological polar surface area (TPSA) is 59.0 Å². The lowest BCUT2D eigenvalue weighted by Gasteiger charge is -2.19. The van der Waals surface area contributed by atoms with Gasteiger partial charge in [0.05, 0.1) is 0 Å². The molecule has 0 aliphatic carbocycles. The second-order valence-electron chi connectivity index (χ2n) is 6.32. The maximum absolute atomic E-state index is 12.3. The number of nitrogens with zero attached hydrogens (tertiary/aromatic N) is 2. The van der Waals surface area contributed by atoms with Gasteiger partial charge in [0.25, 0.3) is 0 Å². The largest absolute Gasteiger partial charge is 0.338 e. The number of benzene rings is 1. The first-order valence-corrected chi connectivity index (χ1v) is 8.62. The molecule has 0 saturated heterocycles. The van der Waals surface area contributed by atoms with E-state index < -0.39 is 0 Å². The second kappa shape index (κ2) is 8.73. The van der Waals surface area contributed by atoms with E-state index in [-0.39, 0.29) is 12.1 Å². The van der Waals surface area contributed by atoms with Gasteiger partial charge in [0.2, 0.25) is 0 Å². The number of imidazole rings is 1. The van der Waals surface area contributed by atoms with Crippen LogP contribution in [0.4, 0.5) is 4.79 Å². The Hall–Kier alpha value is -2.01. The Morgan fingerprint density at radius 2 is 2.00 bits per heavy atom. The fourth-order valence-electron chi connectivity index (χ4n) is 2.50. The molecule has 6 heteroatoms. The highest BCUT2D eigenvalue weighted by Crippen LogP contribution is 2.22. The fourth-order valence-corrected chi connectivity index (χ4v) is 2.63. The maximum atomic E-state index is 12.3. The van der Waals surface area contributed by atoms with Gasteiger partial charge in [-0.3, -0.25) is 0 Å². The number of halogens is 1. The van der Waals surface area contributed by atoms with E-state index in [1.807, 2.05) is 42.1 Å². The quantitative estimate of drug-likeness (QED) is 0.745. The van der Waals surface area contributed by atoms with Gasteiger partial charge >= 0.3 is 6.03 Å². The zero-order valence-corrected chi connectivity index (χ0v) is 15.2. The minimum atomic E-state index is -0.327. The van der Waals surface area contributed by atoms with Crippen LogP contribution in [0.2, 0.25) is 5.02 Å². The Balaban J connectivity index is 2.05. The lowest BCUT2D eigenvalue weighted by Crippen LogP contribution is -2.39. The predicted octanol–water partition coefficient (Wildman–Crippen LogP) is 3.90. The summed E-state index contributed by atoms with van der Waals surface area (Å²) in [6.45, 7) is 5.02. The van der Waals surface area contributed by atoms with E-state index in [0.717, 1.165) is 24.2 Å². The molecule has 0 spiro atoms. The summed E-state index contributed by atoms with van der Waals surface area (Å²) in [6.07, 6.45) is 5.65. The Labute approximate surface area is 148 Å². The van der Waals surface area contributed by atoms with Gasteiger partial charge in [-0.25, -0.2) is 9.78 Å². The molecule has 0 bridgehead atoms. The lowest BCUT2D eigenvalue weighted by atomic mass is 10.1. The van der Waals surface area contributed by atoms with Crippen molar-refractivity contribution in [3.05, 3.63) is 53.1 Å². The third kappa shape index (κ3) is 5.27. The molecule has 0 fully saturated rings. The van der Waals surface area contributed by atoms with Crippen molar-refractivity contribution in [1.82, 2.24) is 20.2 Å². The minimum absolute atomic E-state index is 0.193. The van der Waals surface area contributed by atoms with Gasteiger partial charge in [-0.1, -0.05) is 37.6 Å². The number of nitrogens with one attached hydrogen (secondary N) is 2. The van der Waals surface area contributed by atoms with Gasteiger partial charge in [0, 0.05) is 31.0 Å². The first kappa shape index (κ1) is 18.3. The van der Waals surface area contributed by atoms with Gasteiger partial charge in [-0.05, 0) is 36.5 Å². The number of hydrogen-bond acceptors (Lipinski definition) is 2. The first-order chi connectivity index (χ1) is 11.5. The molecule has 24 heavy (non-hydrogen) atoms. The predicted molar refractivity (Wildman–Crippen MR) is 97.1 cm³/mol. The number of carbonyl (C=O) groups excluding carboxylic acids is 1. The van der Waals surface area contributed by atoms with Crippen LogP contribution in [0.15, 0.2) is 36.7 Å². The Morgan fingerprint density at radius 1 is 1.29 bits per heavy atom. The van der Waals surface area contributed by atoms with Crippen LogP contribution in [0.3, 0.4) is 0 Å². The smallest absolute Gasteiger partial charge is 0.315 e. The van der Waals surface area contributed by atoms with Gasteiger partial charge in [0.1, 0.15) is 11.9 Å². The number of urea groups is 1. The van der Waals surface area contributed by atoms with E-state index in [2.05, 4.69) is 29.5 Å². The zero-order chi connectivity index (χ0) is 17.5. The van der Waals surface area contributed by atoms with Crippen molar-refractivity contribution in [2.45, 2.75) is 32.7 Å². The SMILES string of the molecule is CC(C)CCCNC(=O)N[C@H](c1ccc(Cl)cc1)c1nccn1C. The third-order valence-electron chi connectivity index (χ3n) is 3.84. The van der Waals surface area contributed by atoms with Crippen LogP contribution >= 0.6 is 11.6 Å². The molecule has 0 aliphatic rings. The zero-order valence-electron chi connectivity index (χ0n) is 14.4. The molecule has 1 atom stereocenters. The van der Waals surface area contributed by atoms with Crippen molar-refractivity contribution < 1.29 is 4.79 Å². The summed E-state index contributed by atoms with van der Waals surface area (Å²) in [5, 5.41) is 6.59. The standard InChI is InChI=1S/C18H25ClN4O/c1-13(2)5-4-10-21-18(24)22-16(17-20-11-12-23(17)3)14-6-8-15(19)9-7-14/h6-9,11-13,16H,4-5,10H2,1-3H3,(H2,21,22,24)/t16-/m1/s1. The molecule has 1 aromatic heterocycles. The summed E-state index contributed by atoms with van der Waals surface area (Å²) in [6, 6.07) is 6.92. The van der Waals surface area contributed by atoms with Crippen molar-refractivity contribution in [3.8, 4) is 0 Å². The normalized spacial score (nSPS) is 12.2. The van der Waals surface area contributed by atoms with Crippen LogP contribution in [0, 0.1) is 5.92 Å². The van der Waals surface area contributed by atoms with Crippen molar-refractivity contribution in [2.75, 3.05) is 6.54 Å². The second-order valence-corrected chi connectivity index (χ2v) is 6.75. The van der Waals surface area contributed by atoms with Crippen molar-refractivity contribution in [1.29, 1.82) is 0 Å². The Kier molecular flexibility index (Phi) is 6.67. The molecule has 2 rings (SSSR count). The van der Waals surface area contributed by atoms with Gasteiger partial charge in [-0.15, -0.1) is 0 Å². The fraction of sp³-hybridized carbons (Fsp3) is 0.444. The summed E-state index contributed by atoms with van der Waals surface area (Å²) in [4.78, 5) is 16.6.